The van der Waals surface area contributed by atoms with Gasteiger partial charge in [0.2, 0.25) is 0 Å². The van der Waals surface area contributed by atoms with E-state index in [1.807, 2.05) is 18.2 Å². The van der Waals surface area contributed by atoms with Gasteiger partial charge in [0.15, 0.2) is 0 Å². The molecule has 5 heteroatoms. The van der Waals surface area contributed by atoms with Crippen LogP contribution in [0.5, 0.6) is 0 Å². The monoisotopic (exact) mass is 287 g/mol. The van der Waals surface area contributed by atoms with Gasteiger partial charge in [-0.25, -0.2) is 0 Å². The Kier molecular flexibility index (Phi) is 7.97. The third kappa shape index (κ3) is 3.86. The lowest BCUT2D eigenvalue weighted by Gasteiger charge is -2.33. The molecule has 0 unspecified atom stereocenters. The zero-order valence-corrected chi connectivity index (χ0v) is 12.1. The van der Waals surface area contributed by atoms with Crippen LogP contribution in [0.25, 0.3) is 0 Å². The van der Waals surface area contributed by atoms with Crippen LogP contribution in [-0.2, 0) is 0 Å². The molecular weight excluding hydrogens is 269 g/mol. The Morgan fingerprint density at radius 3 is 2.44 bits per heavy atom. The van der Waals surface area contributed by atoms with Crippen LogP contribution in [0.4, 0.5) is 0 Å². The molecule has 2 rings (SSSR count). The van der Waals surface area contributed by atoms with Crippen LogP contribution in [0.1, 0.15) is 24.1 Å². The van der Waals surface area contributed by atoms with Gasteiger partial charge < -0.3 is 5.32 Å². The molecule has 0 spiro atoms. The van der Waals surface area contributed by atoms with E-state index in [4.69, 9.17) is 5.26 Å². The van der Waals surface area contributed by atoms with Gasteiger partial charge in [-0.3, -0.25) is 4.90 Å². The third-order valence-corrected chi connectivity index (χ3v) is 3.23. The summed E-state index contributed by atoms with van der Waals surface area (Å²) in [6.45, 7) is 6.38. The highest BCUT2D eigenvalue weighted by Crippen LogP contribution is 2.23. The molecule has 1 saturated heterocycles. The van der Waals surface area contributed by atoms with E-state index < -0.39 is 0 Å². The first-order chi connectivity index (χ1) is 7.83. The molecule has 0 aromatic heterocycles. The Balaban J connectivity index is 0.00000144. The molecule has 18 heavy (non-hydrogen) atoms. The Bertz CT molecular complexity index is 397. The summed E-state index contributed by atoms with van der Waals surface area (Å²) >= 11 is 0. The smallest absolute Gasteiger partial charge is 0.0995 e. The van der Waals surface area contributed by atoms with E-state index in [-0.39, 0.29) is 24.8 Å². The first-order valence-electron chi connectivity index (χ1n) is 5.76. The first kappa shape index (κ1) is 17.2. The van der Waals surface area contributed by atoms with Gasteiger partial charge in [-0.1, -0.05) is 18.2 Å². The summed E-state index contributed by atoms with van der Waals surface area (Å²) in [4.78, 5) is 2.42. The molecule has 0 aliphatic carbocycles. The van der Waals surface area contributed by atoms with Gasteiger partial charge >= 0.3 is 0 Å². The van der Waals surface area contributed by atoms with Gasteiger partial charge in [-0.2, -0.15) is 5.26 Å². The average Bonchev–Trinajstić information content (AvgIpc) is 2.39. The topological polar surface area (TPSA) is 39.1 Å². The third-order valence-electron chi connectivity index (χ3n) is 3.23. The van der Waals surface area contributed by atoms with Gasteiger partial charge in [0.05, 0.1) is 11.6 Å². The lowest BCUT2D eigenvalue weighted by Crippen LogP contribution is -2.44. The second-order valence-corrected chi connectivity index (χ2v) is 4.16. The van der Waals surface area contributed by atoms with Gasteiger partial charge in [0, 0.05) is 32.2 Å². The van der Waals surface area contributed by atoms with Gasteiger partial charge in [-0.05, 0) is 18.6 Å². The molecule has 0 saturated carbocycles. The normalized spacial score (nSPS) is 16.9. The number of hydrogen-bond acceptors (Lipinski definition) is 3. The molecule has 0 amide bonds. The zero-order valence-electron chi connectivity index (χ0n) is 10.4. The number of nitrogens with one attached hydrogen (secondary N) is 1. The first-order valence-corrected chi connectivity index (χ1v) is 5.76. The van der Waals surface area contributed by atoms with Crippen molar-refractivity contribution in [1.82, 2.24) is 10.2 Å². The minimum atomic E-state index is 0. The predicted molar refractivity (Wildman–Crippen MR) is 78.5 cm³/mol. The maximum Gasteiger partial charge on any atom is 0.0995 e. The second-order valence-electron chi connectivity index (χ2n) is 4.16. The molecule has 1 aromatic carbocycles. The highest BCUT2D eigenvalue weighted by atomic mass is 35.5. The van der Waals surface area contributed by atoms with Crippen LogP contribution >= 0.6 is 24.8 Å². The van der Waals surface area contributed by atoms with E-state index in [0.717, 1.165) is 37.3 Å². The number of benzene rings is 1. The number of rotatable bonds is 2. The summed E-state index contributed by atoms with van der Waals surface area (Å²) < 4.78 is 0. The number of nitriles is 1. The Morgan fingerprint density at radius 1 is 1.22 bits per heavy atom. The summed E-state index contributed by atoms with van der Waals surface area (Å²) in [5.41, 5.74) is 1.94. The Labute approximate surface area is 121 Å². The van der Waals surface area contributed by atoms with E-state index in [0.29, 0.717) is 6.04 Å². The van der Waals surface area contributed by atoms with Crippen molar-refractivity contribution >= 4 is 24.8 Å². The number of halogens is 2. The van der Waals surface area contributed by atoms with Crippen LogP contribution in [0.2, 0.25) is 0 Å². The van der Waals surface area contributed by atoms with Crippen molar-refractivity contribution in [1.29, 1.82) is 5.26 Å². The maximum atomic E-state index is 9.08. The highest BCUT2D eigenvalue weighted by Gasteiger charge is 2.19. The van der Waals surface area contributed by atoms with Crippen LogP contribution in [0.15, 0.2) is 24.3 Å². The average molecular weight is 288 g/mol. The lowest BCUT2D eigenvalue weighted by molar-refractivity contribution is 0.185. The molecule has 1 fully saturated rings. The van der Waals surface area contributed by atoms with E-state index >= 15 is 0 Å². The van der Waals surface area contributed by atoms with Crippen molar-refractivity contribution in [2.45, 2.75) is 13.0 Å². The van der Waals surface area contributed by atoms with Crippen LogP contribution in [0.3, 0.4) is 0 Å². The van der Waals surface area contributed by atoms with Gasteiger partial charge in [-0.15, -0.1) is 24.8 Å². The quantitative estimate of drug-likeness (QED) is 0.908. The summed E-state index contributed by atoms with van der Waals surface area (Å²) in [5, 5.41) is 12.4. The van der Waals surface area contributed by atoms with Crippen LogP contribution in [-0.4, -0.2) is 31.1 Å². The Hall–Kier alpha value is -0.790. The molecule has 1 aromatic rings. The molecule has 1 atom stereocenters. The molecular formula is C13H19Cl2N3. The standard InChI is InChI=1S/C13H17N3.2ClH/c1-11(16-8-6-15-7-9-16)13-5-3-2-4-12(13)10-14;;/h2-5,11,15H,6-9H2,1H3;2*1H/t11-;;/m1../s1. The van der Waals surface area contributed by atoms with E-state index in [1.165, 1.54) is 0 Å². The summed E-state index contributed by atoms with van der Waals surface area (Å²) in [6.07, 6.45) is 0. The highest BCUT2D eigenvalue weighted by molar-refractivity contribution is 5.85. The van der Waals surface area contributed by atoms with Crippen molar-refractivity contribution in [3.05, 3.63) is 35.4 Å². The molecule has 1 heterocycles. The number of nitrogens with zero attached hydrogens (tertiary/aromatic N) is 2. The fourth-order valence-corrected chi connectivity index (χ4v) is 2.23. The van der Waals surface area contributed by atoms with Crippen molar-refractivity contribution in [2.24, 2.45) is 0 Å². The minimum absolute atomic E-state index is 0. The largest absolute Gasteiger partial charge is 0.314 e. The second kappa shape index (κ2) is 8.34. The van der Waals surface area contributed by atoms with Crippen LogP contribution < -0.4 is 5.32 Å². The van der Waals surface area contributed by atoms with Gasteiger partial charge in [0.25, 0.3) is 0 Å². The molecule has 1 aliphatic heterocycles. The minimum Gasteiger partial charge on any atom is -0.314 e. The van der Waals surface area contributed by atoms with E-state index in [2.05, 4.69) is 29.3 Å². The number of hydrogen-bond donors (Lipinski definition) is 1. The molecule has 0 bridgehead atoms. The fourth-order valence-electron chi connectivity index (χ4n) is 2.23. The predicted octanol–water partition coefficient (Wildman–Crippen LogP) is 2.37. The van der Waals surface area contributed by atoms with Crippen molar-refractivity contribution in [3.8, 4) is 6.07 Å². The summed E-state index contributed by atoms with van der Waals surface area (Å²) in [7, 11) is 0. The summed E-state index contributed by atoms with van der Waals surface area (Å²) in [5.74, 6) is 0. The maximum absolute atomic E-state index is 9.08. The molecule has 1 aliphatic rings. The van der Waals surface area contributed by atoms with E-state index in [1.54, 1.807) is 0 Å². The number of piperazine rings is 1. The van der Waals surface area contributed by atoms with E-state index in [9.17, 15) is 0 Å². The molecule has 3 nitrogen and oxygen atoms in total. The molecule has 0 radical (unpaired) electrons. The van der Waals surface area contributed by atoms with Gasteiger partial charge in [0.1, 0.15) is 0 Å². The van der Waals surface area contributed by atoms with Crippen molar-refractivity contribution in [2.75, 3.05) is 26.2 Å². The lowest BCUT2D eigenvalue weighted by atomic mass is 10.0. The fraction of sp³-hybridized carbons (Fsp3) is 0.462. The van der Waals surface area contributed by atoms with Crippen LogP contribution in [0, 0.1) is 11.3 Å². The SMILES string of the molecule is C[C@H](c1ccccc1C#N)N1CCNCC1.Cl.Cl. The van der Waals surface area contributed by atoms with Crippen molar-refractivity contribution in [3.63, 3.8) is 0 Å². The van der Waals surface area contributed by atoms with Crippen molar-refractivity contribution < 1.29 is 0 Å². The summed E-state index contributed by atoms with van der Waals surface area (Å²) in [6, 6.07) is 10.5. The Morgan fingerprint density at radius 2 is 1.83 bits per heavy atom. The zero-order chi connectivity index (χ0) is 11.4. The molecule has 100 valence electrons. The molecule has 1 N–H and O–H groups in total.